The van der Waals surface area contributed by atoms with Crippen LogP contribution < -0.4 is 5.32 Å². The fourth-order valence-electron chi connectivity index (χ4n) is 2.37. The number of ether oxygens (including phenoxy) is 1. The highest BCUT2D eigenvalue weighted by Crippen LogP contribution is 2.31. The quantitative estimate of drug-likeness (QED) is 0.657. The minimum Gasteiger partial charge on any atom is -0.381 e. The lowest BCUT2D eigenvalue weighted by molar-refractivity contribution is 0.0856. The Labute approximate surface area is 94.8 Å². The van der Waals surface area contributed by atoms with Crippen molar-refractivity contribution in [1.82, 2.24) is 5.32 Å². The third kappa shape index (κ3) is 4.98. The van der Waals surface area contributed by atoms with Crippen molar-refractivity contribution in [2.75, 3.05) is 19.8 Å². The van der Waals surface area contributed by atoms with E-state index in [2.05, 4.69) is 26.1 Å². The first-order valence-electron chi connectivity index (χ1n) is 6.55. The van der Waals surface area contributed by atoms with Gasteiger partial charge < -0.3 is 10.1 Å². The summed E-state index contributed by atoms with van der Waals surface area (Å²) in [7, 11) is 0. The lowest BCUT2D eigenvalue weighted by Gasteiger charge is -2.21. The third-order valence-corrected chi connectivity index (χ3v) is 3.29. The Hall–Kier alpha value is -0.0800. The van der Waals surface area contributed by atoms with Crippen molar-refractivity contribution in [3.05, 3.63) is 0 Å². The van der Waals surface area contributed by atoms with Crippen molar-refractivity contribution in [1.29, 1.82) is 0 Å². The van der Waals surface area contributed by atoms with Crippen LogP contribution in [0.2, 0.25) is 0 Å². The first-order chi connectivity index (χ1) is 7.24. The van der Waals surface area contributed by atoms with Crippen LogP contribution in [0.15, 0.2) is 0 Å². The summed E-state index contributed by atoms with van der Waals surface area (Å²) in [4.78, 5) is 0. The highest BCUT2D eigenvalue weighted by Gasteiger charge is 2.26. The van der Waals surface area contributed by atoms with E-state index in [0.29, 0.717) is 6.04 Å². The molecule has 15 heavy (non-hydrogen) atoms. The highest BCUT2D eigenvalue weighted by molar-refractivity contribution is 4.79. The van der Waals surface area contributed by atoms with E-state index in [9.17, 15) is 0 Å². The molecular weight excluding hydrogens is 186 g/mol. The smallest absolute Gasteiger partial charge is 0.0497 e. The fourth-order valence-corrected chi connectivity index (χ4v) is 2.37. The van der Waals surface area contributed by atoms with Crippen LogP contribution in [0.25, 0.3) is 0 Å². The van der Waals surface area contributed by atoms with Crippen LogP contribution in [-0.2, 0) is 4.74 Å². The molecule has 1 saturated carbocycles. The van der Waals surface area contributed by atoms with Gasteiger partial charge in [0.15, 0.2) is 0 Å². The molecule has 90 valence electrons. The Kier molecular flexibility index (Phi) is 6.26. The standard InChI is InChI=1S/C13H27NO/c1-4-8-15-10-13-7-5-6-12(13)9-14-11(2)3/h11-14H,4-10H2,1-3H3. The van der Waals surface area contributed by atoms with Crippen molar-refractivity contribution >= 4 is 0 Å². The summed E-state index contributed by atoms with van der Waals surface area (Å²) in [6.07, 6.45) is 5.29. The monoisotopic (exact) mass is 213 g/mol. The molecule has 0 radical (unpaired) electrons. The van der Waals surface area contributed by atoms with Crippen molar-refractivity contribution in [3.8, 4) is 0 Å². The van der Waals surface area contributed by atoms with Crippen LogP contribution in [0, 0.1) is 11.8 Å². The van der Waals surface area contributed by atoms with Gasteiger partial charge >= 0.3 is 0 Å². The van der Waals surface area contributed by atoms with Crippen molar-refractivity contribution < 1.29 is 4.74 Å². The second kappa shape index (κ2) is 7.24. The Morgan fingerprint density at radius 3 is 2.67 bits per heavy atom. The van der Waals surface area contributed by atoms with Gasteiger partial charge in [0.25, 0.3) is 0 Å². The predicted octanol–water partition coefficient (Wildman–Crippen LogP) is 2.83. The van der Waals surface area contributed by atoms with Crippen LogP contribution in [0.3, 0.4) is 0 Å². The zero-order valence-electron chi connectivity index (χ0n) is 10.6. The predicted molar refractivity (Wildman–Crippen MR) is 65.1 cm³/mol. The van der Waals surface area contributed by atoms with E-state index >= 15 is 0 Å². The van der Waals surface area contributed by atoms with Crippen LogP contribution in [0.5, 0.6) is 0 Å². The highest BCUT2D eigenvalue weighted by atomic mass is 16.5. The summed E-state index contributed by atoms with van der Waals surface area (Å²) in [5.41, 5.74) is 0. The molecule has 1 aliphatic carbocycles. The molecule has 2 nitrogen and oxygen atoms in total. The molecule has 0 bridgehead atoms. The third-order valence-electron chi connectivity index (χ3n) is 3.29. The molecule has 0 aromatic rings. The minimum absolute atomic E-state index is 0.614. The van der Waals surface area contributed by atoms with E-state index in [1.54, 1.807) is 0 Å². The Bertz CT molecular complexity index is 159. The average Bonchev–Trinajstić information content (AvgIpc) is 2.63. The molecule has 0 aromatic carbocycles. The Balaban J connectivity index is 2.17. The van der Waals surface area contributed by atoms with E-state index in [4.69, 9.17) is 4.74 Å². The van der Waals surface area contributed by atoms with Gasteiger partial charge in [0.1, 0.15) is 0 Å². The molecule has 0 heterocycles. The number of nitrogens with one attached hydrogen (secondary N) is 1. The molecule has 0 amide bonds. The molecule has 0 aromatic heterocycles. The average molecular weight is 213 g/mol. The summed E-state index contributed by atoms with van der Waals surface area (Å²) in [6.45, 7) is 9.71. The van der Waals surface area contributed by atoms with E-state index < -0.39 is 0 Å². The molecule has 0 spiro atoms. The van der Waals surface area contributed by atoms with Crippen molar-refractivity contribution in [3.63, 3.8) is 0 Å². The zero-order chi connectivity index (χ0) is 11.1. The Morgan fingerprint density at radius 2 is 2.00 bits per heavy atom. The number of rotatable bonds is 7. The number of hydrogen-bond donors (Lipinski definition) is 1. The normalized spacial score (nSPS) is 26.4. The van der Waals surface area contributed by atoms with Gasteiger partial charge in [-0.15, -0.1) is 0 Å². The molecule has 1 fully saturated rings. The van der Waals surface area contributed by atoms with Gasteiger partial charge in [0, 0.05) is 19.3 Å². The SMILES string of the molecule is CCCOCC1CCCC1CNC(C)C. The largest absolute Gasteiger partial charge is 0.381 e. The maximum atomic E-state index is 5.68. The molecule has 1 aliphatic rings. The molecule has 2 heteroatoms. The molecule has 2 unspecified atom stereocenters. The first-order valence-corrected chi connectivity index (χ1v) is 6.55. The second-order valence-electron chi connectivity index (χ2n) is 5.09. The minimum atomic E-state index is 0.614. The fraction of sp³-hybridized carbons (Fsp3) is 1.00. The molecule has 0 aliphatic heterocycles. The lowest BCUT2D eigenvalue weighted by atomic mass is 9.96. The van der Waals surface area contributed by atoms with Gasteiger partial charge in [-0.2, -0.15) is 0 Å². The molecule has 1 rings (SSSR count). The summed E-state index contributed by atoms with van der Waals surface area (Å²) >= 11 is 0. The lowest BCUT2D eigenvalue weighted by Crippen LogP contribution is -2.31. The molecule has 2 atom stereocenters. The van der Waals surface area contributed by atoms with Gasteiger partial charge in [-0.05, 0) is 37.6 Å². The van der Waals surface area contributed by atoms with Gasteiger partial charge in [-0.25, -0.2) is 0 Å². The van der Waals surface area contributed by atoms with E-state index in [1.165, 1.54) is 25.8 Å². The van der Waals surface area contributed by atoms with Crippen LogP contribution >= 0.6 is 0 Å². The molecule has 0 saturated heterocycles. The van der Waals surface area contributed by atoms with Gasteiger partial charge in [-0.1, -0.05) is 27.2 Å². The molecule has 1 N–H and O–H groups in total. The van der Waals surface area contributed by atoms with Gasteiger partial charge in [0.05, 0.1) is 0 Å². The van der Waals surface area contributed by atoms with Crippen molar-refractivity contribution in [2.45, 2.75) is 52.5 Å². The van der Waals surface area contributed by atoms with Crippen LogP contribution in [0.1, 0.15) is 46.5 Å². The van der Waals surface area contributed by atoms with E-state index in [0.717, 1.165) is 31.5 Å². The maximum absolute atomic E-state index is 5.68. The second-order valence-corrected chi connectivity index (χ2v) is 5.09. The number of hydrogen-bond acceptors (Lipinski definition) is 2. The topological polar surface area (TPSA) is 21.3 Å². The zero-order valence-corrected chi connectivity index (χ0v) is 10.6. The van der Waals surface area contributed by atoms with Crippen LogP contribution in [-0.4, -0.2) is 25.8 Å². The Morgan fingerprint density at radius 1 is 1.27 bits per heavy atom. The van der Waals surface area contributed by atoms with E-state index in [-0.39, 0.29) is 0 Å². The van der Waals surface area contributed by atoms with Gasteiger partial charge in [-0.3, -0.25) is 0 Å². The molecular formula is C13H27NO. The summed E-state index contributed by atoms with van der Waals surface area (Å²) in [5, 5.41) is 3.55. The van der Waals surface area contributed by atoms with Gasteiger partial charge in [0.2, 0.25) is 0 Å². The summed E-state index contributed by atoms with van der Waals surface area (Å²) in [6, 6.07) is 0.614. The maximum Gasteiger partial charge on any atom is 0.0497 e. The van der Waals surface area contributed by atoms with Crippen molar-refractivity contribution in [2.24, 2.45) is 11.8 Å². The van der Waals surface area contributed by atoms with Crippen LogP contribution in [0.4, 0.5) is 0 Å². The first kappa shape index (κ1) is 13.0. The summed E-state index contributed by atoms with van der Waals surface area (Å²) in [5.74, 6) is 1.66. The summed E-state index contributed by atoms with van der Waals surface area (Å²) < 4.78 is 5.68. The van der Waals surface area contributed by atoms with E-state index in [1.807, 2.05) is 0 Å².